The number of anilines is 1. The molecule has 0 fully saturated rings. The predicted molar refractivity (Wildman–Crippen MR) is 87.9 cm³/mol. The number of thiophene rings is 1. The van der Waals surface area contributed by atoms with Crippen LogP contribution in [-0.4, -0.2) is 27.8 Å². The number of sulfonamides is 1. The van der Waals surface area contributed by atoms with Gasteiger partial charge in [-0.05, 0) is 23.9 Å². The maximum Gasteiger partial charge on any atom is 0.350 e. The summed E-state index contributed by atoms with van der Waals surface area (Å²) in [6.45, 7) is 2.13. The summed E-state index contributed by atoms with van der Waals surface area (Å²) in [4.78, 5) is 12.1. The first kappa shape index (κ1) is 16.5. The predicted octanol–water partition coefficient (Wildman–Crippen LogP) is 2.81. The van der Waals surface area contributed by atoms with Crippen molar-refractivity contribution in [2.45, 2.75) is 13.5 Å². The summed E-state index contributed by atoms with van der Waals surface area (Å²) in [5.74, 6) is -0.539. The molecule has 0 aliphatic carbocycles. The monoisotopic (exact) mass is 339 g/mol. The number of aryl methyl sites for hydroxylation is 1. The topological polar surface area (TPSA) is 63.7 Å². The van der Waals surface area contributed by atoms with Crippen LogP contribution < -0.4 is 4.31 Å². The molecule has 0 saturated carbocycles. The number of hydrogen-bond donors (Lipinski definition) is 0. The number of carbonyl (C=O) groups is 1. The summed E-state index contributed by atoms with van der Waals surface area (Å²) in [6.07, 6.45) is 1.12. The van der Waals surface area contributed by atoms with Crippen LogP contribution in [0.25, 0.3) is 0 Å². The molecule has 1 heterocycles. The van der Waals surface area contributed by atoms with Crippen molar-refractivity contribution in [2.24, 2.45) is 0 Å². The summed E-state index contributed by atoms with van der Waals surface area (Å²) >= 11 is 1.16. The molecule has 0 aliphatic heterocycles. The molecule has 0 saturated heterocycles. The zero-order valence-electron chi connectivity index (χ0n) is 12.6. The molecule has 0 aliphatic rings. The fourth-order valence-corrected chi connectivity index (χ4v) is 3.75. The van der Waals surface area contributed by atoms with Gasteiger partial charge in [0.2, 0.25) is 10.0 Å². The van der Waals surface area contributed by atoms with Gasteiger partial charge in [-0.3, -0.25) is 4.31 Å². The van der Waals surface area contributed by atoms with Crippen molar-refractivity contribution >= 4 is 33.0 Å². The highest BCUT2D eigenvalue weighted by Crippen LogP contribution is 2.30. The Balaban J connectivity index is 2.42. The van der Waals surface area contributed by atoms with E-state index >= 15 is 0 Å². The third-order valence-corrected chi connectivity index (χ3v) is 5.14. The second-order valence-electron chi connectivity index (χ2n) is 4.88. The Morgan fingerprint density at radius 1 is 1.23 bits per heavy atom. The van der Waals surface area contributed by atoms with Gasteiger partial charge in [-0.25, -0.2) is 13.2 Å². The molecule has 0 amide bonds. The fraction of sp³-hybridized carbons (Fsp3) is 0.267. The van der Waals surface area contributed by atoms with Gasteiger partial charge in [-0.1, -0.05) is 29.8 Å². The average molecular weight is 339 g/mol. The van der Waals surface area contributed by atoms with Crippen LogP contribution in [0.3, 0.4) is 0 Å². The van der Waals surface area contributed by atoms with E-state index < -0.39 is 16.0 Å². The van der Waals surface area contributed by atoms with Crippen LogP contribution in [0.1, 0.15) is 20.8 Å². The van der Waals surface area contributed by atoms with Crippen molar-refractivity contribution in [3.05, 3.63) is 51.7 Å². The third-order valence-electron chi connectivity index (χ3n) is 3.13. The van der Waals surface area contributed by atoms with Gasteiger partial charge in [0.15, 0.2) is 0 Å². The van der Waals surface area contributed by atoms with Crippen LogP contribution in [0.15, 0.2) is 35.7 Å². The standard InChI is InChI=1S/C15H17NO4S2/c1-11-4-6-12(7-5-11)10-16(22(3,18)19)13-8-9-21-14(13)15(17)20-2/h4-9H,10H2,1-3H3. The summed E-state index contributed by atoms with van der Waals surface area (Å²) in [5, 5.41) is 1.68. The van der Waals surface area contributed by atoms with Gasteiger partial charge in [-0.15, -0.1) is 11.3 Å². The number of esters is 1. The zero-order chi connectivity index (χ0) is 16.3. The Hall–Kier alpha value is -1.86. The van der Waals surface area contributed by atoms with Gasteiger partial charge < -0.3 is 4.74 Å². The molecule has 0 bridgehead atoms. The van der Waals surface area contributed by atoms with E-state index in [9.17, 15) is 13.2 Å². The summed E-state index contributed by atoms with van der Waals surface area (Å²) < 4.78 is 30.2. The van der Waals surface area contributed by atoms with Gasteiger partial charge in [-0.2, -0.15) is 0 Å². The van der Waals surface area contributed by atoms with Gasteiger partial charge in [0.25, 0.3) is 0 Å². The highest BCUT2D eigenvalue weighted by Gasteiger charge is 2.25. The number of nitrogens with zero attached hydrogens (tertiary/aromatic N) is 1. The van der Waals surface area contributed by atoms with E-state index in [1.54, 1.807) is 11.4 Å². The molecule has 0 spiro atoms. The molecule has 0 unspecified atom stereocenters. The Morgan fingerprint density at radius 2 is 1.86 bits per heavy atom. The molecule has 1 aromatic heterocycles. The largest absolute Gasteiger partial charge is 0.465 e. The van der Waals surface area contributed by atoms with Crippen molar-refractivity contribution in [1.29, 1.82) is 0 Å². The van der Waals surface area contributed by atoms with Gasteiger partial charge >= 0.3 is 5.97 Å². The van der Waals surface area contributed by atoms with Crippen molar-refractivity contribution in [3.63, 3.8) is 0 Å². The molecule has 22 heavy (non-hydrogen) atoms. The van der Waals surface area contributed by atoms with Crippen LogP contribution in [0, 0.1) is 6.92 Å². The van der Waals surface area contributed by atoms with Crippen molar-refractivity contribution in [1.82, 2.24) is 0 Å². The minimum atomic E-state index is -3.53. The molecule has 118 valence electrons. The number of ether oxygens (including phenoxy) is 1. The molecule has 1 aromatic carbocycles. The maximum absolute atomic E-state index is 12.1. The Morgan fingerprint density at radius 3 is 2.41 bits per heavy atom. The summed E-state index contributed by atoms with van der Waals surface area (Å²) in [7, 11) is -2.25. The fourth-order valence-electron chi connectivity index (χ4n) is 1.98. The van der Waals surface area contributed by atoms with E-state index in [4.69, 9.17) is 4.74 Å². The highest BCUT2D eigenvalue weighted by atomic mass is 32.2. The molecule has 7 heteroatoms. The lowest BCUT2D eigenvalue weighted by molar-refractivity contribution is 0.0607. The highest BCUT2D eigenvalue weighted by molar-refractivity contribution is 7.92. The molecule has 2 rings (SSSR count). The first-order valence-corrected chi connectivity index (χ1v) is 9.25. The molecule has 5 nitrogen and oxygen atoms in total. The summed E-state index contributed by atoms with van der Waals surface area (Å²) in [5.41, 5.74) is 2.29. The van der Waals surface area contributed by atoms with Crippen LogP contribution in [0.4, 0.5) is 5.69 Å². The number of hydrogen-bond acceptors (Lipinski definition) is 5. The normalized spacial score (nSPS) is 11.2. The first-order valence-electron chi connectivity index (χ1n) is 6.52. The SMILES string of the molecule is COC(=O)c1sccc1N(Cc1ccc(C)cc1)S(C)(=O)=O. The lowest BCUT2D eigenvalue weighted by Gasteiger charge is -2.22. The number of benzene rings is 1. The summed E-state index contributed by atoms with van der Waals surface area (Å²) in [6, 6.07) is 9.21. The molecule has 0 atom stereocenters. The van der Waals surface area contributed by atoms with E-state index in [0.29, 0.717) is 5.69 Å². The number of carbonyl (C=O) groups excluding carboxylic acids is 1. The van der Waals surface area contributed by atoms with Crippen molar-refractivity contribution < 1.29 is 17.9 Å². The van der Waals surface area contributed by atoms with Crippen LogP contribution in [-0.2, 0) is 21.3 Å². The van der Waals surface area contributed by atoms with Gasteiger partial charge in [0, 0.05) is 0 Å². The smallest absolute Gasteiger partial charge is 0.350 e. The quantitative estimate of drug-likeness (QED) is 0.786. The average Bonchev–Trinajstić information content (AvgIpc) is 2.93. The van der Waals surface area contributed by atoms with Crippen molar-refractivity contribution in [3.8, 4) is 0 Å². The van der Waals surface area contributed by atoms with Crippen LogP contribution in [0.2, 0.25) is 0 Å². The zero-order valence-corrected chi connectivity index (χ0v) is 14.2. The van der Waals surface area contributed by atoms with Crippen LogP contribution in [0.5, 0.6) is 0 Å². The Kier molecular flexibility index (Phi) is 4.87. The van der Waals surface area contributed by atoms with Crippen molar-refractivity contribution in [2.75, 3.05) is 17.7 Å². The van der Waals surface area contributed by atoms with Gasteiger partial charge in [0.05, 0.1) is 25.6 Å². The lowest BCUT2D eigenvalue weighted by atomic mass is 10.1. The van der Waals surface area contributed by atoms with Gasteiger partial charge in [0.1, 0.15) is 4.88 Å². The lowest BCUT2D eigenvalue weighted by Crippen LogP contribution is -2.30. The molecule has 2 aromatic rings. The van der Waals surface area contributed by atoms with Crippen LogP contribution >= 0.6 is 11.3 Å². The van der Waals surface area contributed by atoms with E-state index in [1.807, 2.05) is 31.2 Å². The molecule has 0 N–H and O–H groups in total. The second kappa shape index (κ2) is 6.50. The molecular weight excluding hydrogens is 322 g/mol. The first-order chi connectivity index (χ1) is 10.3. The molecule has 0 radical (unpaired) electrons. The minimum Gasteiger partial charge on any atom is -0.465 e. The number of methoxy groups -OCH3 is 1. The van der Waals surface area contributed by atoms with E-state index in [-0.39, 0.29) is 11.4 Å². The Labute approximate surface area is 134 Å². The number of rotatable bonds is 5. The third kappa shape index (κ3) is 3.66. The maximum atomic E-state index is 12.1. The second-order valence-corrected chi connectivity index (χ2v) is 7.70. The van der Waals surface area contributed by atoms with E-state index in [2.05, 4.69) is 0 Å². The minimum absolute atomic E-state index is 0.167. The Bertz CT molecular complexity index is 763. The van der Waals surface area contributed by atoms with E-state index in [1.165, 1.54) is 11.4 Å². The molecular formula is C15H17NO4S2. The van der Waals surface area contributed by atoms with E-state index in [0.717, 1.165) is 28.7 Å².